The number of carbonyl (C=O) groups excluding carboxylic acids is 2. The third-order valence-electron chi connectivity index (χ3n) is 1.93. The molecule has 0 heterocycles. The smallest absolute Gasteiger partial charge is 0.330 e. The standard InChI is InChI=1S/C9H16N2O5/c1-2-5(10)9(15)16-7(12)4-3-6(11)8(13)14/h5-6H,2-4,10-11H2,1H3,(H,13,14)/t5?,6-/m0/s1/i9+2. The fourth-order valence-electron chi connectivity index (χ4n) is 0.802. The molecule has 5 N–H and O–H groups in total. The van der Waals surface area contributed by atoms with E-state index in [9.17, 15) is 14.4 Å². The predicted molar refractivity (Wildman–Crippen MR) is 54.2 cm³/mol. The molecule has 1 unspecified atom stereocenters. The number of hydrogen-bond acceptors (Lipinski definition) is 6. The summed E-state index contributed by atoms with van der Waals surface area (Å²) < 4.78 is 4.38. The van der Waals surface area contributed by atoms with Crippen LogP contribution in [0.3, 0.4) is 0 Å². The zero-order chi connectivity index (χ0) is 12.7. The van der Waals surface area contributed by atoms with E-state index in [1.54, 1.807) is 6.92 Å². The van der Waals surface area contributed by atoms with E-state index in [2.05, 4.69) is 4.74 Å². The van der Waals surface area contributed by atoms with Crippen molar-refractivity contribution >= 4 is 17.9 Å². The molecule has 0 aromatic rings. The van der Waals surface area contributed by atoms with Gasteiger partial charge in [-0.25, -0.2) is 4.79 Å². The van der Waals surface area contributed by atoms with Gasteiger partial charge >= 0.3 is 17.9 Å². The van der Waals surface area contributed by atoms with Gasteiger partial charge < -0.3 is 21.3 Å². The number of hydrogen-bond donors (Lipinski definition) is 3. The van der Waals surface area contributed by atoms with Gasteiger partial charge in [-0.2, -0.15) is 0 Å². The summed E-state index contributed by atoms with van der Waals surface area (Å²) in [7, 11) is 0. The van der Waals surface area contributed by atoms with Gasteiger partial charge in [-0.05, 0) is 12.8 Å². The molecule has 7 heteroatoms. The van der Waals surface area contributed by atoms with Crippen LogP contribution in [-0.4, -0.2) is 35.1 Å². The van der Waals surface area contributed by atoms with Gasteiger partial charge in [-0.15, -0.1) is 0 Å². The average molecular weight is 234 g/mol. The van der Waals surface area contributed by atoms with Crippen LogP contribution in [0.1, 0.15) is 26.2 Å². The lowest BCUT2D eigenvalue weighted by Gasteiger charge is -2.08. The fraction of sp³-hybridized carbons (Fsp3) is 0.667. The van der Waals surface area contributed by atoms with Crippen molar-refractivity contribution in [3.8, 4) is 0 Å². The summed E-state index contributed by atoms with van der Waals surface area (Å²) in [5, 5.41) is 8.44. The van der Waals surface area contributed by atoms with E-state index in [1.807, 2.05) is 0 Å². The molecule has 2 atom stereocenters. The number of rotatable bonds is 6. The van der Waals surface area contributed by atoms with Crippen molar-refractivity contribution in [2.75, 3.05) is 0 Å². The molecule has 0 rings (SSSR count). The second-order valence-corrected chi connectivity index (χ2v) is 3.29. The van der Waals surface area contributed by atoms with E-state index in [4.69, 9.17) is 16.6 Å². The SMILES string of the molecule is CCC(N)[14C](=O)OC(=O)CC[C@H](N)C(=O)O. The van der Waals surface area contributed by atoms with Gasteiger partial charge in [0.25, 0.3) is 0 Å². The van der Waals surface area contributed by atoms with Gasteiger partial charge in [-0.3, -0.25) is 9.59 Å². The molecule has 16 heavy (non-hydrogen) atoms. The van der Waals surface area contributed by atoms with Gasteiger partial charge in [0.15, 0.2) is 0 Å². The number of nitrogens with two attached hydrogens (primary N) is 2. The molecule has 0 bridgehead atoms. The van der Waals surface area contributed by atoms with E-state index >= 15 is 0 Å². The number of carbonyl (C=O) groups is 3. The molecule has 0 aliphatic rings. The maximum absolute atomic E-state index is 11.1. The molecule has 0 aromatic carbocycles. The topological polar surface area (TPSA) is 133 Å². The van der Waals surface area contributed by atoms with Crippen LogP contribution in [0.5, 0.6) is 0 Å². The van der Waals surface area contributed by atoms with Crippen LogP contribution >= 0.6 is 0 Å². The van der Waals surface area contributed by atoms with Gasteiger partial charge in [-0.1, -0.05) is 6.92 Å². The Labute approximate surface area is 92.7 Å². The van der Waals surface area contributed by atoms with Crippen LogP contribution in [-0.2, 0) is 19.1 Å². The highest BCUT2D eigenvalue weighted by molar-refractivity contribution is 5.88. The molecule has 0 aliphatic heterocycles. The van der Waals surface area contributed by atoms with Crippen molar-refractivity contribution in [1.82, 2.24) is 0 Å². The van der Waals surface area contributed by atoms with Crippen LogP contribution in [0.25, 0.3) is 0 Å². The summed E-state index contributed by atoms with van der Waals surface area (Å²) in [6.45, 7) is 1.68. The second-order valence-electron chi connectivity index (χ2n) is 3.29. The zero-order valence-electron chi connectivity index (χ0n) is 9.01. The third kappa shape index (κ3) is 5.42. The molecule has 0 aliphatic carbocycles. The first-order valence-corrected chi connectivity index (χ1v) is 4.87. The Bertz CT molecular complexity index is 279. The predicted octanol–water partition coefficient (Wildman–Crippen LogP) is -1.01. The number of aliphatic carboxylic acids is 1. The molecule has 7 nitrogen and oxygen atoms in total. The Hall–Kier alpha value is -1.47. The normalized spacial score (nSPS) is 13.9. The minimum absolute atomic E-state index is 0.0805. The summed E-state index contributed by atoms with van der Waals surface area (Å²) in [6.07, 6.45) is 0.0548. The highest BCUT2D eigenvalue weighted by atomic mass is 16.8. The van der Waals surface area contributed by atoms with Crippen LogP contribution in [0, 0.1) is 0 Å². The molecule has 0 radical (unpaired) electrons. The average Bonchev–Trinajstić information content (AvgIpc) is 2.24. The lowest BCUT2D eigenvalue weighted by Crippen LogP contribution is -2.34. The summed E-state index contributed by atoms with van der Waals surface area (Å²) in [5.41, 5.74) is 10.5. The van der Waals surface area contributed by atoms with Crippen molar-refractivity contribution in [2.24, 2.45) is 11.5 Å². The second kappa shape index (κ2) is 6.91. The van der Waals surface area contributed by atoms with Gasteiger partial charge in [0.05, 0.1) is 0 Å². The number of esters is 2. The highest BCUT2D eigenvalue weighted by Crippen LogP contribution is 1.99. The summed E-state index contributed by atoms with van der Waals surface area (Å²) >= 11 is 0. The molecule has 0 aromatic heterocycles. The fourth-order valence-corrected chi connectivity index (χ4v) is 0.802. The van der Waals surface area contributed by atoms with E-state index in [0.29, 0.717) is 6.42 Å². The Morgan fingerprint density at radius 2 is 2.00 bits per heavy atom. The summed E-state index contributed by atoms with van der Waals surface area (Å²) in [5.74, 6) is -2.83. The molecule has 0 fully saturated rings. The molecular weight excluding hydrogens is 218 g/mol. The minimum Gasteiger partial charge on any atom is -0.480 e. The van der Waals surface area contributed by atoms with Crippen LogP contribution < -0.4 is 11.5 Å². The monoisotopic (exact) mass is 234 g/mol. The van der Waals surface area contributed by atoms with Crippen molar-refractivity contribution in [1.29, 1.82) is 0 Å². The molecule has 0 spiro atoms. The van der Waals surface area contributed by atoms with Crippen molar-refractivity contribution in [3.05, 3.63) is 0 Å². The van der Waals surface area contributed by atoms with E-state index in [1.165, 1.54) is 0 Å². The first-order chi connectivity index (χ1) is 7.38. The third-order valence-corrected chi connectivity index (χ3v) is 1.93. The van der Waals surface area contributed by atoms with Gasteiger partial charge in [0, 0.05) is 6.42 Å². The van der Waals surface area contributed by atoms with Gasteiger partial charge in [0.1, 0.15) is 12.1 Å². The molecule has 0 saturated carbocycles. The maximum atomic E-state index is 11.1. The summed E-state index contributed by atoms with van der Waals surface area (Å²) in [6, 6.07) is -1.97. The number of carboxylic acid groups (broad SMARTS) is 1. The Balaban J connectivity index is 3.92. The van der Waals surface area contributed by atoms with Crippen LogP contribution in [0.2, 0.25) is 0 Å². The first-order valence-electron chi connectivity index (χ1n) is 4.87. The number of carboxylic acids is 1. The quantitative estimate of drug-likeness (QED) is 0.396. The summed E-state index contributed by atoms with van der Waals surface area (Å²) in [4.78, 5) is 32.4. The van der Waals surface area contributed by atoms with E-state index in [-0.39, 0.29) is 12.8 Å². The minimum atomic E-state index is -1.20. The molecule has 0 saturated heterocycles. The molecule has 92 valence electrons. The van der Waals surface area contributed by atoms with Crippen LogP contribution in [0.15, 0.2) is 0 Å². The van der Waals surface area contributed by atoms with Crippen molar-refractivity contribution in [2.45, 2.75) is 38.3 Å². The van der Waals surface area contributed by atoms with Crippen molar-refractivity contribution in [3.63, 3.8) is 0 Å². The van der Waals surface area contributed by atoms with E-state index < -0.39 is 30.0 Å². The highest BCUT2D eigenvalue weighted by Gasteiger charge is 2.19. The van der Waals surface area contributed by atoms with Crippen molar-refractivity contribution < 1.29 is 24.2 Å². The van der Waals surface area contributed by atoms with E-state index in [0.717, 1.165) is 0 Å². The molecule has 0 amide bonds. The lowest BCUT2D eigenvalue weighted by molar-refractivity contribution is -0.160. The molecular formula is C9H16N2O5. The first kappa shape index (κ1) is 14.5. The Morgan fingerprint density at radius 3 is 2.44 bits per heavy atom. The largest absolute Gasteiger partial charge is 0.480 e. The Morgan fingerprint density at radius 1 is 1.44 bits per heavy atom. The Kier molecular flexibility index (Phi) is 6.28. The van der Waals surface area contributed by atoms with Gasteiger partial charge in [0.2, 0.25) is 0 Å². The lowest BCUT2D eigenvalue weighted by atomic mass is 10.2. The van der Waals surface area contributed by atoms with Crippen LogP contribution in [0.4, 0.5) is 0 Å². The zero-order valence-corrected chi connectivity index (χ0v) is 9.01. The number of ether oxygens (including phenoxy) is 1. The maximum Gasteiger partial charge on any atom is 0.330 e.